The molecule has 1 N–H and O–H groups in total. The van der Waals surface area contributed by atoms with Crippen LogP contribution in [0.1, 0.15) is 0 Å². The lowest BCUT2D eigenvalue weighted by molar-refractivity contribution is 0.602. The topological polar surface area (TPSA) is 88.6 Å². The summed E-state index contributed by atoms with van der Waals surface area (Å²) in [6.45, 7) is 0. The maximum Gasteiger partial charge on any atom is 0.296 e. The predicted molar refractivity (Wildman–Crippen MR) is 70.2 cm³/mol. The minimum absolute atomic E-state index is 0.185. The fourth-order valence-corrected chi connectivity index (χ4v) is 2.22. The van der Waals surface area contributed by atoms with Gasteiger partial charge in [0.15, 0.2) is 0 Å². The molecule has 1 aromatic carbocycles. The van der Waals surface area contributed by atoms with E-state index in [-0.39, 0.29) is 11.0 Å². The Bertz CT molecular complexity index is 860. The molecule has 2 aromatic heterocycles. The summed E-state index contributed by atoms with van der Waals surface area (Å²) in [5.74, 6) is 0.185. The van der Waals surface area contributed by atoms with Crippen LogP contribution in [0.5, 0.6) is 0 Å². The van der Waals surface area contributed by atoms with E-state index in [1.54, 1.807) is 6.07 Å². The Morgan fingerprint density at radius 2 is 1.84 bits per heavy atom. The van der Waals surface area contributed by atoms with Crippen molar-refractivity contribution in [3.05, 3.63) is 36.4 Å². The van der Waals surface area contributed by atoms with Crippen LogP contribution in [0.3, 0.4) is 0 Å². The van der Waals surface area contributed by atoms with Crippen LogP contribution in [0.15, 0.2) is 41.6 Å². The van der Waals surface area contributed by atoms with Crippen LogP contribution in [0, 0.1) is 0 Å². The Kier molecular flexibility index (Phi) is 2.72. The van der Waals surface area contributed by atoms with Gasteiger partial charge in [0, 0.05) is 16.1 Å². The quantitative estimate of drug-likeness (QED) is 0.730. The first kappa shape index (κ1) is 12.1. The number of rotatable bonds is 2. The summed E-state index contributed by atoms with van der Waals surface area (Å²) in [5, 5.41) is 6.66. The number of fused-ring (bicyclic) bond motifs is 1. The van der Waals surface area contributed by atoms with Crippen molar-refractivity contribution < 1.29 is 8.42 Å². The van der Waals surface area contributed by atoms with E-state index in [0.717, 1.165) is 10.9 Å². The van der Waals surface area contributed by atoms with Gasteiger partial charge in [-0.2, -0.15) is 10.1 Å². The van der Waals surface area contributed by atoms with Crippen molar-refractivity contribution >= 4 is 30.6 Å². The molecule has 0 aliphatic carbocycles. The van der Waals surface area contributed by atoms with Crippen molar-refractivity contribution in [2.75, 3.05) is 0 Å². The second-order valence-electron chi connectivity index (χ2n) is 3.79. The molecular weight excluding hydrogens is 288 g/mol. The first-order chi connectivity index (χ1) is 9.04. The van der Waals surface area contributed by atoms with E-state index in [4.69, 9.17) is 10.7 Å². The molecule has 2 heterocycles. The van der Waals surface area contributed by atoms with Crippen LogP contribution < -0.4 is 0 Å². The molecule has 0 bridgehead atoms. The molecule has 3 aromatic rings. The predicted octanol–water partition coefficient (Wildman–Crippen LogP) is 1.95. The first-order valence-electron chi connectivity index (χ1n) is 5.27. The van der Waals surface area contributed by atoms with Crippen LogP contribution in [0.4, 0.5) is 0 Å². The van der Waals surface area contributed by atoms with Crippen molar-refractivity contribution in [2.24, 2.45) is 0 Å². The van der Waals surface area contributed by atoms with E-state index in [1.807, 2.05) is 30.3 Å². The summed E-state index contributed by atoms with van der Waals surface area (Å²) in [6, 6.07) is 11.1. The van der Waals surface area contributed by atoms with Gasteiger partial charge in [-0.3, -0.25) is 0 Å². The third-order valence-electron chi connectivity index (χ3n) is 2.52. The van der Waals surface area contributed by atoms with E-state index in [9.17, 15) is 8.42 Å². The Morgan fingerprint density at radius 3 is 2.58 bits per heavy atom. The molecule has 8 heteroatoms. The lowest BCUT2D eigenvalue weighted by Gasteiger charge is -1.98. The molecule has 0 atom stereocenters. The lowest BCUT2D eigenvalue weighted by Crippen LogP contribution is -1.93. The van der Waals surface area contributed by atoms with Crippen molar-refractivity contribution in [1.82, 2.24) is 20.2 Å². The van der Waals surface area contributed by atoms with Gasteiger partial charge in [0.25, 0.3) is 14.2 Å². The molecule has 3 rings (SSSR count). The molecule has 0 spiro atoms. The summed E-state index contributed by atoms with van der Waals surface area (Å²) in [7, 11) is 1.26. The molecule has 19 heavy (non-hydrogen) atoms. The molecule has 0 saturated heterocycles. The smallest absolute Gasteiger partial charge is 0.248 e. The summed E-state index contributed by atoms with van der Waals surface area (Å²) in [6.07, 6.45) is 0. The van der Waals surface area contributed by atoms with Crippen molar-refractivity contribution in [2.45, 2.75) is 5.16 Å². The average Bonchev–Trinajstić information content (AvgIpc) is 2.87. The maximum atomic E-state index is 11.1. The summed E-state index contributed by atoms with van der Waals surface area (Å²) in [4.78, 5) is 8.17. The van der Waals surface area contributed by atoms with Crippen LogP contribution in [-0.2, 0) is 9.05 Å². The van der Waals surface area contributed by atoms with E-state index >= 15 is 0 Å². The Labute approximate surface area is 112 Å². The van der Waals surface area contributed by atoms with Gasteiger partial charge >= 0.3 is 0 Å². The molecule has 96 valence electrons. The third kappa shape index (κ3) is 2.29. The summed E-state index contributed by atoms with van der Waals surface area (Å²) in [5.41, 5.74) is 1.25. The van der Waals surface area contributed by atoms with Gasteiger partial charge in [-0.05, 0) is 12.1 Å². The van der Waals surface area contributed by atoms with Crippen LogP contribution >= 0.6 is 10.7 Å². The normalized spacial score (nSPS) is 11.8. The van der Waals surface area contributed by atoms with Crippen molar-refractivity contribution in [1.29, 1.82) is 0 Å². The molecule has 0 fully saturated rings. The Morgan fingerprint density at radius 1 is 1.05 bits per heavy atom. The molecular formula is C11H7ClN4O2S. The highest BCUT2D eigenvalue weighted by atomic mass is 35.7. The highest BCUT2D eigenvalue weighted by molar-refractivity contribution is 8.13. The molecule has 0 saturated carbocycles. The van der Waals surface area contributed by atoms with Crippen molar-refractivity contribution in [3.63, 3.8) is 0 Å². The van der Waals surface area contributed by atoms with E-state index in [1.165, 1.54) is 0 Å². The van der Waals surface area contributed by atoms with E-state index < -0.39 is 9.05 Å². The first-order valence-corrected chi connectivity index (χ1v) is 7.58. The van der Waals surface area contributed by atoms with Crippen LogP contribution in [0.25, 0.3) is 22.4 Å². The van der Waals surface area contributed by atoms with Gasteiger partial charge in [0.1, 0.15) is 5.69 Å². The Hall–Kier alpha value is -1.99. The monoisotopic (exact) mass is 294 g/mol. The number of H-pyrrole nitrogens is 1. The SMILES string of the molecule is O=S(=O)(Cl)c1nc(-c2ccc3ccccc3n2)n[nH]1. The summed E-state index contributed by atoms with van der Waals surface area (Å²) >= 11 is 0. The van der Waals surface area contributed by atoms with E-state index in [2.05, 4.69) is 20.2 Å². The van der Waals surface area contributed by atoms with Crippen LogP contribution in [-0.4, -0.2) is 28.6 Å². The van der Waals surface area contributed by atoms with E-state index in [0.29, 0.717) is 5.69 Å². The van der Waals surface area contributed by atoms with Gasteiger partial charge in [-0.15, -0.1) is 0 Å². The zero-order valence-corrected chi connectivity index (χ0v) is 11.0. The van der Waals surface area contributed by atoms with Gasteiger partial charge in [-0.25, -0.2) is 18.5 Å². The lowest BCUT2D eigenvalue weighted by atomic mass is 10.2. The number of hydrogen-bond acceptors (Lipinski definition) is 5. The zero-order valence-electron chi connectivity index (χ0n) is 9.41. The number of hydrogen-bond donors (Lipinski definition) is 1. The molecule has 0 unspecified atom stereocenters. The number of nitrogens with one attached hydrogen (secondary N) is 1. The molecule has 0 aliphatic rings. The minimum atomic E-state index is -3.92. The largest absolute Gasteiger partial charge is 0.296 e. The number of nitrogens with zero attached hydrogens (tertiary/aromatic N) is 3. The molecule has 0 radical (unpaired) electrons. The minimum Gasteiger partial charge on any atom is -0.248 e. The second-order valence-corrected chi connectivity index (χ2v) is 6.27. The molecule has 6 nitrogen and oxygen atoms in total. The number of halogens is 1. The number of pyridine rings is 1. The maximum absolute atomic E-state index is 11.1. The standard InChI is InChI=1S/C11H7ClN4O2S/c12-19(17,18)11-14-10(15-16-11)9-6-5-7-3-1-2-4-8(7)13-9/h1-6H,(H,14,15,16). The van der Waals surface area contributed by atoms with Gasteiger partial charge in [0.05, 0.1) is 5.52 Å². The molecule has 0 amide bonds. The summed E-state index contributed by atoms with van der Waals surface area (Å²) < 4.78 is 22.2. The molecule has 0 aliphatic heterocycles. The average molecular weight is 295 g/mol. The number of para-hydroxylation sites is 1. The van der Waals surface area contributed by atoms with Gasteiger partial charge < -0.3 is 0 Å². The number of benzene rings is 1. The number of aromatic nitrogens is 4. The van der Waals surface area contributed by atoms with Gasteiger partial charge in [-0.1, -0.05) is 24.3 Å². The fourth-order valence-electron chi connectivity index (χ4n) is 1.66. The third-order valence-corrected chi connectivity index (χ3v) is 3.61. The zero-order chi connectivity index (χ0) is 13.5. The van der Waals surface area contributed by atoms with Gasteiger partial charge in [0.2, 0.25) is 5.82 Å². The number of aromatic amines is 1. The second kappa shape index (κ2) is 4.29. The fraction of sp³-hybridized carbons (Fsp3) is 0. The van der Waals surface area contributed by atoms with Crippen LogP contribution in [0.2, 0.25) is 0 Å². The highest BCUT2D eigenvalue weighted by Gasteiger charge is 2.17. The van der Waals surface area contributed by atoms with Crippen molar-refractivity contribution in [3.8, 4) is 11.5 Å². The Balaban J connectivity index is 2.11. The highest BCUT2D eigenvalue weighted by Crippen LogP contribution is 2.19.